The second-order valence-electron chi connectivity index (χ2n) is 7.35. The normalized spacial score (nSPS) is 12.4. The van der Waals surface area contributed by atoms with Gasteiger partial charge in [-0.1, -0.05) is 0 Å². The first-order valence-corrected chi connectivity index (χ1v) is 10.6. The molecule has 0 fully saturated rings. The molecule has 2 aromatic carbocycles. The molecule has 10 nitrogen and oxygen atoms in total. The third-order valence-corrected chi connectivity index (χ3v) is 5.15. The van der Waals surface area contributed by atoms with Gasteiger partial charge in [0.05, 0.1) is 22.3 Å². The van der Waals surface area contributed by atoms with E-state index in [1.54, 1.807) is 12.1 Å². The molecular formula is C22H30N6O4. The quantitative estimate of drug-likeness (QED) is 0.138. The molecule has 10 heteroatoms. The summed E-state index contributed by atoms with van der Waals surface area (Å²) in [5.41, 5.74) is 11.9. The predicted octanol–water partition coefficient (Wildman–Crippen LogP) is -0.206. The number of rotatable bonds is 12. The van der Waals surface area contributed by atoms with E-state index in [2.05, 4.69) is 21.3 Å². The van der Waals surface area contributed by atoms with Crippen LogP contribution in [-0.2, 0) is 0 Å². The maximum absolute atomic E-state index is 13.4. The van der Waals surface area contributed by atoms with Crippen molar-refractivity contribution in [3.63, 3.8) is 0 Å². The van der Waals surface area contributed by atoms with Gasteiger partial charge in [-0.25, -0.2) is 0 Å². The van der Waals surface area contributed by atoms with E-state index in [4.69, 9.17) is 11.5 Å². The molecule has 1 aliphatic rings. The summed E-state index contributed by atoms with van der Waals surface area (Å²) in [6.07, 6.45) is 0. The molecule has 0 unspecified atom stereocenters. The molecule has 2 aromatic rings. The standard InChI is InChI=1S/C22H30N6O4/c23-5-7-25-9-11-27-13-1-2-14(28-12-10-26-8-6-24)18-17(13)21(31)19-15(29)3-4-16(30)20(19)22(18)32/h1-4,25-30H,5-12,23-24H2. The van der Waals surface area contributed by atoms with Crippen LogP contribution in [-0.4, -0.2) is 74.1 Å². The molecule has 3 rings (SSSR count). The first-order valence-electron chi connectivity index (χ1n) is 10.6. The molecule has 0 radical (unpaired) electrons. The Labute approximate surface area is 186 Å². The van der Waals surface area contributed by atoms with Gasteiger partial charge in [0.1, 0.15) is 11.5 Å². The maximum Gasteiger partial charge on any atom is 0.200 e. The maximum atomic E-state index is 13.4. The topological polar surface area (TPSA) is 175 Å². The molecule has 0 saturated carbocycles. The van der Waals surface area contributed by atoms with Gasteiger partial charge in [0.2, 0.25) is 11.6 Å². The zero-order chi connectivity index (χ0) is 23.1. The third-order valence-electron chi connectivity index (χ3n) is 5.15. The lowest BCUT2D eigenvalue weighted by molar-refractivity contribution is 0.0975. The van der Waals surface area contributed by atoms with Gasteiger partial charge in [-0.15, -0.1) is 0 Å². The molecule has 0 aromatic heterocycles. The molecular weight excluding hydrogens is 412 g/mol. The predicted molar refractivity (Wildman–Crippen MR) is 124 cm³/mol. The summed E-state index contributed by atoms with van der Waals surface area (Å²) in [7, 11) is 0. The Morgan fingerprint density at radius 3 is 1.38 bits per heavy atom. The third kappa shape index (κ3) is 4.83. The van der Waals surface area contributed by atoms with E-state index in [1.807, 2.05) is 0 Å². The molecule has 0 bridgehead atoms. The molecule has 172 valence electrons. The van der Waals surface area contributed by atoms with Gasteiger partial charge in [-0.05, 0) is 24.3 Å². The number of aromatic hydroxyl groups is 2. The number of carbonyl (C=O) groups excluding carboxylic acids is 2. The number of hydrogen-bond donors (Lipinski definition) is 8. The van der Waals surface area contributed by atoms with Crippen LogP contribution >= 0.6 is 0 Å². The van der Waals surface area contributed by atoms with Crippen LogP contribution in [0, 0.1) is 0 Å². The molecule has 0 aliphatic heterocycles. The number of benzene rings is 2. The Hall–Kier alpha value is -3.18. The van der Waals surface area contributed by atoms with Gasteiger partial charge >= 0.3 is 0 Å². The zero-order valence-electron chi connectivity index (χ0n) is 17.8. The van der Waals surface area contributed by atoms with E-state index in [1.165, 1.54) is 12.1 Å². The number of nitrogens with two attached hydrogens (primary N) is 2. The van der Waals surface area contributed by atoms with Crippen LogP contribution in [0.15, 0.2) is 24.3 Å². The van der Waals surface area contributed by atoms with E-state index in [-0.39, 0.29) is 33.8 Å². The highest BCUT2D eigenvalue weighted by Gasteiger charge is 2.37. The van der Waals surface area contributed by atoms with Crippen molar-refractivity contribution < 1.29 is 19.8 Å². The van der Waals surface area contributed by atoms with Crippen LogP contribution in [0.25, 0.3) is 0 Å². The van der Waals surface area contributed by atoms with E-state index in [0.29, 0.717) is 63.7 Å². The van der Waals surface area contributed by atoms with Crippen molar-refractivity contribution in [3.8, 4) is 11.5 Å². The number of hydrogen-bond acceptors (Lipinski definition) is 10. The van der Waals surface area contributed by atoms with Crippen LogP contribution in [0.2, 0.25) is 0 Å². The summed E-state index contributed by atoms with van der Waals surface area (Å²) < 4.78 is 0. The largest absolute Gasteiger partial charge is 0.507 e. The lowest BCUT2D eigenvalue weighted by Crippen LogP contribution is -2.30. The number of carbonyl (C=O) groups is 2. The zero-order valence-corrected chi connectivity index (χ0v) is 17.8. The highest BCUT2D eigenvalue weighted by molar-refractivity contribution is 6.33. The number of phenols is 2. The molecule has 32 heavy (non-hydrogen) atoms. The molecule has 0 heterocycles. The fourth-order valence-electron chi connectivity index (χ4n) is 3.68. The molecule has 0 saturated heterocycles. The fraction of sp³-hybridized carbons (Fsp3) is 0.364. The number of ketones is 2. The van der Waals surface area contributed by atoms with E-state index >= 15 is 0 Å². The van der Waals surface area contributed by atoms with Crippen molar-refractivity contribution >= 4 is 22.9 Å². The number of nitrogens with one attached hydrogen (secondary N) is 4. The Morgan fingerprint density at radius 2 is 1.00 bits per heavy atom. The summed E-state index contributed by atoms with van der Waals surface area (Å²) >= 11 is 0. The van der Waals surface area contributed by atoms with Crippen molar-refractivity contribution in [2.24, 2.45) is 11.5 Å². The van der Waals surface area contributed by atoms with Crippen LogP contribution < -0.4 is 32.7 Å². The van der Waals surface area contributed by atoms with Gasteiger partial charge in [-0.2, -0.15) is 0 Å². The lowest BCUT2D eigenvalue weighted by atomic mass is 9.81. The van der Waals surface area contributed by atoms with E-state index < -0.39 is 11.6 Å². The fourth-order valence-corrected chi connectivity index (χ4v) is 3.68. The molecule has 0 amide bonds. The minimum atomic E-state index is -0.523. The highest BCUT2D eigenvalue weighted by Crippen LogP contribution is 2.42. The molecule has 10 N–H and O–H groups in total. The Kier molecular flexibility index (Phi) is 8.01. The minimum Gasteiger partial charge on any atom is -0.507 e. The second kappa shape index (κ2) is 10.9. The van der Waals surface area contributed by atoms with Crippen molar-refractivity contribution in [3.05, 3.63) is 46.5 Å². The summed E-state index contributed by atoms with van der Waals surface area (Å²) in [5.74, 6) is -1.74. The van der Waals surface area contributed by atoms with Crippen molar-refractivity contribution in [2.45, 2.75) is 0 Å². The minimum absolute atomic E-state index is 0.169. The van der Waals surface area contributed by atoms with Gasteiger partial charge in [-0.3, -0.25) is 9.59 Å². The van der Waals surface area contributed by atoms with Crippen LogP contribution in [0.1, 0.15) is 31.8 Å². The van der Waals surface area contributed by atoms with E-state index in [0.717, 1.165) is 0 Å². The van der Waals surface area contributed by atoms with Crippen LogP contribution in [0.4, 0.5) is 11.4 Å². The Morgan fingerprint density at radius 1 is 0.594 bits per heavy atom. The summed E-state index contributed by atoms with van der Waals surface area (Å²) in [6.45, 7) is 4.60. The summed E-state index contributed by atoms with van der Waals surface area (Å²) in [5, 5.41) is 33.3. The van der Waals surface area contributed by atoms with Crippen molar-refractivity contribution in [1.82, 2.24) is 10.6 Å². The number of fused-ring (bicyclic) bond motifs is 2. The monoisotopic (exact) mass is 442 g/mol. The first kappa shape index (κ1) is 23.5. The SMILES string of the molecule is NCCNCCNc1ccc(NCCNCCN)c2c1C(=O)c1c(O)ccc(O)c1C2=O. The van der Waals surface area contributed by atoms with Gasteiger partial charge in [0.25, 0.3) is 0 Å². The molecule has 0 atom stereocenters. The van der Waals surface area contributed by atoms with Crippen molar-refractivity contribution in [1.29, 1.82) is 0 Å². The second-order valence-corrected chi connectivity index (χ2v) is 7.35. The summed E-state index contributed by atoms with van der Waals surface area (Å²) in [6, 6.07) is 5.87. The van der Waals surface area contributed by atoms with Gasteiger partial charge in [0.15, 0.2) is 0 Å². The lowest BCUT2D eigenvalue weighted by Gasteiger charge is -2.25. The van der Waals surface area contributed by atoms with Gasteiger partial charge < -0.3 is 42.9 Å². The van der Waals surface area contributed by atoms with Crippen LogP contribution in [0.3, 0.4) is 0 Å². The highest BCUT2D eigenvalue weighted by atomic mass is 16.3. The van der Waals surface area contributed by atoms with Crippen molar-refractivity contribution in [2.75, 3.05) is 63.0 Å². The first-order chi connectivity index (χ1) is 15.5. The number of anilines is 2. The Bertz CT molecular complexity index is 917. The van der Waals surface area contributed by atoms with Gasteiger partial charge in [0, 0.05) is 63.7 Å². The average molecular weight is 443 g/mol. The smallest absolute Gasteiger partial charge is 0.200 e. The van der Waals surface area contributed by atoms with E-state index in [9.17, 15) is 19.8 Å². The molecule has 1 aliphatic carbocycles. The average Bonchev–Trinajstić information content (AvgIpc) is 2.78. The summed E-state index contributed by atoms with van der Waals surface area (Å²) in [4.78, 5) is 26.8. The number of phenolic OH excluding ortho intramolecular Hbond substituents is 2. The van der Waals surface area contributed by atoms with Crippen LogP contribution in [0.5, 0.6) is 11.5 Å². The Balaban J connectivity index is 1.97. The molecule has 0 spiro atoms.